The summed E-state index contributed by atoms with van der Waals surface area (Å²) >= 11 is 0. The van der Waals surface area contributed by atoms with E-state index in [-0.39, 0.29) is 37.3 Å². The van der Waals surface area contributed by atoms with Crippen LogP contribution in [0.1, 0.15) is 79.1 Å². The second kappa shape index (κ2) is 14.4. The molecule has 4 N–H and O–H groups in total. The molecule has 0 aliphatic rings. The van der Waals surface area contributed by atoms with Crippen LogP contribution in [0.25, 0.3) is 0 Å². The molecule has 0 aromatic carbocycles. The van der Waals surface area contributed by atoms with Crippen molar-refractivity contribution in [2.75, 3.05) is 26.4 Å². The average Bonchev–Trinajstić information content (AvgIpc) is 2.55. The van der Waals surface area contributed by atoms with Gasteiger partial charge in [0.25, 0.3) is 0 Å². The van der Waals surface area contributed by atoms with Crippen molar-refractivity contribution in [1.82, 2.24) is 0 Å². The molecule has 0 saturated heterocycles. The highest BCUT2D eigenvalue weighted by atomic mass is 16.3. The van der Waals surface area contributed by atoms with Crippen molar-refractivity contribution < 1.29 is 20.4 Å². The highest BCUT2D eigenvalue weighted by Gasteiger charge is 2.26. The van der Waals surface area contributed by atoms with Gasteiger partial charge in [-0.3, -0.25) is 0 Å². The maximum Gasteiger partial charge on any atom is 0.0509 e. The van der Waals surface area contributed by atoms with Gasteiger partial charge >= 0.3 is 0 Å². The van der Waals surface area contributed by atoms with Gasteiger partial charge in [0.05, 0.1) is 26.4 Å². The van der Waals surface area contributed by atoms with Crippen LogP contribution in [0, 0.1) is 10.8 Å². The minimum atomic E-state index is -0.205. The van der Waals surface area contributed by atoms with Gasteiger partial charge < -0.3 is 20.4 Å². The number of aliphatic hydroxyl groups excluding tert-OH is 4. The Morgan fingerprint density at radius 2 is 0.636 bits per heavy atom. The first-order valence-electron chi connectivity index (χ1n) is 8.92. The van der Waals surface area contributed by atoms with Crippen molar-refractivity contribution in [3.8, 4) is 0 Å². The minimum absolute atomic E-state index is 0.116. The van der Waals surface area contributed by atoms with Gasteiger partial charge in [0, 0.05) is 10.8 Å². The number of aliphatic hydroxyl groups is 4. The standard InChI is InChI=1S/2C9H20O2/c2*1-3-5-9(7-10,8-11)6-4-2/h2*10-11H,3-8H2,1-2H3. The molecule has 22 heavy (non-hydrogen) atoms. The highest BCUT2D eigenvalue weighted by molar-refractivity contribution is 4.77. The van der Waals surface area contributed by atoms with Crippen LogP contribution in [0.5, 0.6) is 0 Å². The van der Waals surface area contributed by atoms with Gasteiger partial charge in [0.2, 0.25) is 0 Å². The molecule has 0 radical (unpaired) electrons. The Kier molecular flexibility index (Phi) is 15.8. The Balaban J connectivity index is 0. The quantitative estimate of drug-likeness (QED) is 0.445. The lowest BCUT2D eigenvalue weighted by atomic mass is 9.81. The smallest absolute Gasteiger partial charge is 0.0509 e. The van der Waals surface area contributed by atoms with E-state index in [9.17, 15) is 0 Å². The van der Waals surface area contributed by atoms with Gasteiger partial charge in [0.1, 0.15) is 0 Å². The van der Waals surface area contributed by atoms with Crippen LogP contribution in [0.4, 0.5) is 0 Å². The molecular formula is C18H40O4. The van der Waals surface area contributed by atoms with Crippen molar-refractivity contribution in [3.05, 3.63) is 0 Å². The summed E-state index contributed by atoms with van der Waals surface area (Å²) in [5.74, 6) is 0. The van der Waals surface area contributed by atoms with E-state index in [1.54, 1.807) is 0 Å². The first-order chi connectivity index (χ1) is 10.5. The van der Waals surface area contributed by atoms with Crippen LogP contribution < -0.4 is 0 Å². The zero-order valence-electron chi connectivity index (χ0n) is 15.3. The molecule has 0 fully saturated rings. The number of rotatable bonds is 12. The number of hydrogen-bond donors (Lipinski definition) is 4. The van der Waals surface area contributed by atoms with Crippen LogP contribution in [0.15, 0.2) is 0 Å². The zero-order valence-corrected chi connectivity index (χ0v) is 15.3. The molecule has 0 spiro atoms. The maximum atomic E-state index is 9.08. The van der Waals surface area contributed by atoms with Crippen molar-refractivity contribution in [2.24, 2.45) is 10.8 Å². The van der Waals surface area contributed by atoms with Gasteiger partial charge in [-0.05, 0) is 25.7 Å². The molecule has 0 unspecified atom stereocenters. The Bertz CT molecular complexity index is 183. The van der Waals surface area contributed by atoms with E-state index in [1.165, 1.54) is 0 Å². The molecule has 0 aliphatic heterocycles. The van der Waals surface area contributed by atoms with Crippen molar-refractivity contribution in [3.63, 3.8) is 0 Å². The SMILES string of the molecule is CCCC(CO)(CO)CCC.CCCC(CO)(CO)CCC. The van der Waals surface area contributed by atoms with E-state index >= 15 is 0 Å². The minimum Gasteiger partial charge on any atom is -0.396 e. The summed E-state index contributed by atoms with van der Waals surface area (Å²) < 4.78 is 0. The second-order valence-corrected chi connectivity index (χ2v) is 6.63. The van der Waals surface area contributed by atoms with E-state index < -0.39 is 0 Å². The van der Waals surface area contributed by atoms with Crippen LogP contribution in [0.2, 0.25) is 0 Å². The topological polar surface area (TPSA) is 80.9 Å². The van der Waals surface area contributed by atoms with Crippen molar-refractivity contribution >= 4 is 0 Å². The predicted molar refractivity (Wildman–Crippen MR) is 92.8 cm³/mol. The highest BCUT2D eigenvalue weighted by Crippen LogP contribution is 2.29. The maximum absolute atomic E-state index is 9.08. The molecule has 0 atom stereocenters. The summed E-state index contributed by atoms with van der Waals surface area (Å²) in [6, 6.07) is 0. The first kappa shape index (κ1) is 24.1. The lowest BCUT2D eigenvalue weighted by Gasteiger charge is -2.28. The Hall–Kier alpha value is -0.160. The third kappa shape index (κ3) is 9.09. The summed E-state index contributed by atoms with van der Waals surface area (Å²) in [5.41, 5.74) is -0.410. The molecule has 0 aromatic rings. The van der Waals surface area contributed by atoms with Gasteiger partial charge in [-0.15, -0.1) is 0 Å². The van der Waals surface area contributed by atoms with E-state index in [1.807, 2.05) is 0 Å². The predicted octanol–water partition coefficient (Wildman–Crippen LogP) is 3.12. The molecule has 4 nitrogen and oxygen atoms in total. The Morgan fingerprint density at radius 1 is 0.455 bits per heavy atom. The van der Waals surface area contributed by atoms with Gasteiger partial charge in [-0.25, -0.2) is 0 Å². The lowest BCUT2D eigenvalue weighted by molar-refractivity contribution is 0.0384. The van der Waals surface area contributed by atoms with Crippen LogP contribution in [-0.2, 0) is 0 Å². The summed E-state index contributed by atoms with van der Waals surface area (Å²) in [7, 11) is 0. The zero-order chi connectivity index (χ0) is 17.5. The van der Waals surface area contributed by atoms with Crippen molar-refractivity contribution in [1.29, 1.82) is 0 Å². The van der Waals surface area contributed by atoms with Gasteiger partial charge in [-0.1, -0.05) is 53.4 Å². The normalized spacial score (nSPS) is 12.0. The summed E-state index contributed by atoms with van der Waals surface area (Å²) in [5, 5.41) is 36.3. The molecule has 0 aromatic heterocycles. The molecule has 136 valence electrons. The molecule has 0 heterocycles. The van der Waals surface area contributed by atoms with E-state index in [0.717, 1.165) is 51.4 Å². The summed E-state index contributed by atoms with van der Waals surface area (Å²) in [6.07, 6.45) is 7.81. The van der Waals surface area contributed by atoms with Gasteiger partial charge in [-0.2, -0.15) is 0 Å². The van der Waals surface area contributed by atoms with E-state index in [2.05, 4.69) is 27.7 Å². The monoisotopic (exact) mass is 320 g/mol. The average molecular weight is 321 g/mol. The first-order valence-corrected chi connectivity index (χ1v) is 8.92. The fourth-order valence-corrected chi connectivity index (χ4v) is 3.10. The van der Waals surface area contributed by atoms with Gasteiger partial charge in [0.15, 0.2) is 0 Å². The van der Waals surface area contributed by atoms with Crippen LogP contribution in [0.3, 0.4) is 0 Å². The largest absolute Gasteiger partial charge is 0.396 e. The van der Waals surface area contributed by atoms with Crippen LogP contribution >= 0.6 is 0 Å². The third-order valence-electron chi connectivity index (χ3n) is 4.46. The molecule has 0 saturated carbocycles. The Morgan fingerprint density at radius 3 is 0.727 bits per heavy atom. The fraction of sp³-hybridized carbons (Fsp3) is 1.00. The molecule has 4 heteroatoms. The Labute approximate surface area is 137 Å². The third-order valence-corrected chi connectivity index (χ3v) is 4.46. The fourth-order valence-electron chi connectivity index (χ4n) is 3.10. The lowest BCUT2D eigenvalue weighted by Crippen LogP contribution is -2.29. The molecule has 0 amide bonds. The molecular weight excluding hydrogens is 280 g/mol. The molecule has 0 aliphatic carbocycles. The second-order valence-electron chi connectivity index (χ2n) is 6.63. The van der Waals surface area contributed by atoms with E-state index in [0.29, 0.717) is 0 Å². The summed E-state index contributed by atoms with van der Waals surface area (Å²) in [6.45, 7) is 8.78. The molecule has 0 bridgehead atoms. The summed E-state index contributed by atoms with van der Waals surface area (Å²) in [4.78, 5) is 0. The van der Waals surface area contributed by atoms with Crippen LogP contribution in [-0.4, -0.2) is 46.9 Å². The van der Waals surface area contributed by atoms with E-state index in [4.69, 9.17) is 20.4 Å². The van der Waals surface area contributed by atoms with Crippen molar-refractivity contribution in [2.45, 2.75) is 79.1 Å². The number of hydrogen-bond acceptors (Lipinski definition) is 4. The molecule has 0 rings (SSSR count).